The quantitative estimate of drug-likeness (QED) is 0.317. The van der Waals surface area contributed by atoms with Crippen molar-refractivity contribution in [2.24, 2.45) is 4.99 Å². The topological polar surface area (TPSA) is 138 Å². The minimum absolute atomic E-state index is 0.0128. The maximum absolute atomic E-state index is 13.7. The van der Waals surface area contributed by atoms with Crippen LogP contribution in [-0.4, -0.2) is 36.8 Å². The summed E-state index contributed by atoms with van der Waals surface area (Å²) in [6.45, 7) is 1.53. The Kier molecular flexibility index (Phi) is 7.14. The number of hydrogen-bond acceptors (Lipinski definition) is 9. The van der Waals surface area contributed by atoms with Crippen LogP contribution in [0.3, 0.4) is 0 Å². The predicted molar refractivity (Wildman–Crippen MR) is 134 cm³/mol. The van der Waals surface area contributed by atoms with E-state index in [4.69, 9.17) is 4.74 Å². The van der Waals surface area contributed by atoms with E-state index >= 15 is 0 Å². The molecule has 0 saturated heterocycles. The highest BCUT2D eigenvalue weighted by Gasteiger charge is 2.23. The van der Waals surface area contributed by atoms with Crippen molar-refractivity contribution in [2.75, 3.05) is 11.8 Å². The number of nitrogens with one attached hydrogen (secondary N) is 1. The molecule has 2 aromatic heterocycles. The Morgan fingerprint density at radius 2 is 2.00 bits per heavy atom. The van der Waals surface area contributed by atoms with Gasteiger partial charge in [0, 0.05) is 17.3 Å². The summed E-state index contributed by atoms with van der Waals surface area (Å²) in [5.41, 5.74) is 1.13. The van der Waals surface area contributed by atoms with Gasteiger partial charge < -0.3 is 9.84 Å². The number of aromatic nitrogens is 2. The number of aliphatic imine (C=N–C) groups is 1. The Morgan fingerprint density at radius 3 is 2.68 bits per heavy atom. The van der Waals surface area contributed by atoms with Crippen molar-refractivity contribution in [3.8, 4) is 28.8 Å². The summed E-state index contributed by atoms with van der Waals surface area (Å²) in [6, 6.07) is 11.3. The second kappa shape index (κ2) is 10.3. The molecule has 0 fully saturated rings. The molecule has 0 radical (unpaired) electrons. The van der Waals surface area contributed by atoms with Gasteiger partial charge in [0.25, 0.3) is 10.0 Å². The zero-order valence-electron chi connectivity index (χ0n) is 19.2. The van der Waals surface area contributed by atoms with Gasteiger partial charge in [-0.05, 0) is 48.9 Å². The number of phenolic OH excluding ortho intramolecular Hbond substituents is 1. The fourth-order valence-corrected chi connectivity index (χ4v) is 5.47. The summed E-state index contributed by atoms with van der Waals surface area (Å²) < 4.78 is 60.2. The lowest BCUT2D eigenvalue weighted by atomic mass is 10.1. The van der Waals surface area contributed by atoms with E-state index in [1.165, 1.54) is 38.6 Å². The molecule has 0 spiro atoms. The third-order valence-corrected chi connectivity index (χ3v) is 7.42. The maximum atomic E-state index is 13.7. The number of para-hydroxylation sites is 1. The first-order chi connectivity index (χ1) is 17.6. The van der Waals surface area contributed by atoms with E-state index in [1.54, 1.807) is 18.2 Å². The van der Waals surface area contributed by atoms with Crippen molar-refractivity contribution >= 4 is 38.4 Å². The molecule has 9 nitrogen and oxygen atoms in total. The number of hydrogen-bond donors (Lipinski definition) is 2. The van der Waals surface area contributed by atoms with Crippen LogP contribution in [0.15, 0.2) is 58.7 Å². The number of nitrogens with zero attached hydrogens (tertiary/aromatic N) is 4. The van der Waals surface area contributed by atoms with Crippen molar-refractivity contribution in [2.45, 2.75) is 11.9 Å². The van der Waals surface area contributed by atoms with E-state index in [9.17, 15) is 27.6 Å². The van der Waals surface area contributed by atoms with E-state index in [1.807, 2.05) is 6.07 Å². The average Bonchev–Trinajstić information content (AvgIpc) is 3.27. The molecular formula is C24H17F2N5O4S2. The van der Waals surface area contributed by atoms with E-state index in [2.05, 4.69) is 19.7 Å². The standard InChI is InChI=1S/C24H17F2N5O4S2/c1-13-8-16(28-11-15-4-3-5-19(35-2)22(15)32)12-29-23(13)37(33,34)31-24-30-21(20(10-27)36-24)14-6-7-17(25)18(26)9-14/h3-9,11-12,32H,1-2H3,(H,30,31). The van der Waals surface area contributed by atoms with E-state index in [-0.39, 0.29) is 43.4 Å². The largest absolute Gasteiger partial charge is 0.504 e. The highest BCUT2D eigenvalue weighted by atomic mass is 32.2. The fourth-order valence-electron chi connectivity index (χ4n) is 3.29. The number of ether oxygens (including phenoxy) is 1. The number of anilines is 1. The molecule has 0 amide bonds. The number of aromatic hydroxyl groups is 1. The molecule has 2 aromatic carbocycles. The first-order valence-corrected chi connectivity index (χ1v) is 12.7. The van der Waals surface area contributed by atoms with Crippen LogP contribution in [-0.2, 0) is 10.0 Å². The molecule has 0 atom stereocenters. The van der Waals surface area contributed by atoms with Crippen LogP contribution in [0.2, 0.25) is 0 Å². The number of phenols is 1. The summed E-state index contributed by atoms with van der Waals surface area (Å²) in [5.74, 6) is -2.00. The van der Waals surface area contributed by atoms with Crippen molar-refractivity contribution in [1.82, 2.24) is 9.97 Å². The van der Waals surface area contributed by atoms with Gasteiger partial charge in [0.05, 0.1) is 19.0 Å². The molecule has 2 N–H and O–H groups in total. The second-order valence-electron chi connectivity index (χ2n) is 7.51. The molecule has 188 valence electrons. The van der Waals surface area contributed by atoms with Crippen LogP contribution >= 0.6 is 11.3 Å². The molecule has 0 aliphatic heterocycles. The normalized spacial score (nSPS) is 11.4. The highest BCUT2D eigenvalue weighted by molar-refractivity contribution is 7.92. The van der Waals surface area contributed by atoms with Gasteiger partial charge in [-0.15, -0.1) is 0 Å². The fraction of sp³-hybridized carbons (Fsp3) is 0.0833. The summed E-state index contributed by atoms with van der Waals surface area (Å²) in [6.07, 6.45) is 2.63. The Bertz CT molecular complexity index is 1680. The average molecular weight is 542 g/mol. The number of nitriles is 1. The number of methoxy groups -OCH3 is 1. The Morgan fingerprint density at radius 1 is 1.22 bits per heavy atom. The summed E-state index contributed by atoms with van der Waals surface area (Å²) in [4.78, 5) is 12.4. The van der Waals surface area contributed by atoms with Gasteiger partial charge in [0.15, 0.2) is 33.3 Å². The van der Waals surface area contributed by atoms with Gasteiger partial charge >= 0.3 is 0 Å². The monoisotopic (exact) mass is 541 g/mol. The highest BCUT2D eigenvalue weighted by Crippen LogP contribution is 2.33. The lowest BCUT2D eigenvalue weighted by molar-refractivity contribution is 0.373. The number of pyridine rings is 1. The Hall–Kier alpha value is -4.41. The lowest BCUT2D eigenvalue weighted by Gasteiger charge is -2.08. The predicted octanol–water partition coefficient (Wildman–Crippen LogP) is 4.93. The first kappa shape index (κ1) is 25.7. The molecule has 2 heterocycles. The van der Waals surface area contributed by atoms with Gasteiger partial charge in [0.1, 0.15) is 16.6 Å². The van der Waals surface area contributed by atoms with Crippen molar-refractivity contribution in [3.05, 3.63) is 76.3 Å². The molecule has 0 aliphatic rings. The van der Waals surface area contributed by atoms with Gasteiger partial charge in [-0.3, -0.25) is 9.71 Å². The van der Waals surface area contributed by atoms with E-state index < -0.39 is 21.7 Å². The minimum Gasteiger partial charge on any atom is -0.504 e. The molecule has 13 heteroatoms. The smallest absolute Gasteiger partial charge is 0.281 e. The number of aryl methyl sites for hydroxylation is 1. The molecule has 0 saturated carbocycles. The van der Waals surface area contributed by atoms with Gasteiger partial charge in [-0.25, -0.2) is 18.7 Å². The van der Waals surface area contributed by atoms with Gasteiger partial charge in [-0.2, -0.15) is 13.7 Å². The summed E-state index contributed by atoms with van der Waals surface area (Å²) >= 11 is 0.741. The number of thiazole rings is 1. The van der Waals surface area contributed by atoms with Gasteiger partial charge in [0.2, 0.25) is 0 Å². The van der Waals surface area contributed by atoms with E-state index in [0.29, 0.717) is 11.3 Å². The molecule has 37 heavy (non-hydrogen) atoms. The molecule has 0 aliphatic carbocycles. The number of benzene rings is 2. The zero-order chi connectivity index (χ0) is 26.7. The van der Waals surface area contributed by atoms with Gasteiger partial charge in [-0.1, -0.05) is 17.4 Å². The van der Waals surface area contributed by atoms with Crippen LogP contribution < -0.4 is 9.46 Å². The number of sulfonamides is 1. The molecule has 4 aromatic rings. The van der Waals surface area contributed by atoms with Crippen molar-refractivity contribution in [1.29, 1.82) is 5.26 Å². The third kappa shape index (κ3) is 5.40. The molecule has 4 rings (SSSR count). The van der Waals surface area contributed by atoms with E-state index in [0.717, 1.165) is 23.5 Å². The van der Waals surface area contributed by atoms with Crippen molar-refractivity contribution in [3.63, 3.8) is 0 Å². The Labute approximate surface area is 214 Å². The van der Waals surface area contributed by atoms with Crippen LogP contribution in [0.4, 0.5) is 19.6 Å². The van der Waals surface area contributed by atoms with Crippen LogP contribution in [0.5, 0.6) is 11.5 Å². The number of rotatable bonds is 7. The maximum Gasteiger partial charge on any atom is 0.281 e. The van der Waals surface area contributed by atoms with Crippen LogP contribution in [0.25, 0.3) is 11.3 Å². The van der Waals surface area contributed by atoms with Crippen LogP contribution in [0.1, 0.15) is 16.0 Å². The summed E-state index contributed by atoms with van der Waals surface area (Å²) in [5, 5.41) is 19.1. The van der Waals surface area contributed by atoms with Crippen molar-refractivity contribution < 1.29 is 27.0 Å². The SMILES string of the molecule is COc1cccc(C=Nc2cnc(S(=O)(=O)Nc3nc(-c4ccc(F)c(F)c4)c(C#N)s3)c(C)c2)c1O. The third-order valence-electron chi connectivity index (χ3n) is 5.02. The van der Waals surface area contributed by atoms with Crippen LogP contribution in [0, 0.1) is 29.9 Å². The molecule has 0 bridgehead atoms. The second-order valence-corrected chi connectivity index (χ2v) is 10.1. The number of halogens is 2. The zero-order valence-corrected chi connectivity index (χ0v) is 20.9. The molecule has 0 unspecified atom stereocenters. The summed E-state index contributed by atoms with van der Waals surface area (Å²) in [7, 11) is -2.79. The first-order valence-electron chi connectivity index (χ1n) is 10.4. The minimum atomic E-state index is -4.22. The Balaban J connectivity index is 1.59. The molecular weight excluding hydrogens is 524 g/mol. The lowest BCUT2D eigenvalue weighted by Crippen LogP contribution is -2.15.